The predicted molar refractivity (Wildman–Crippen MR) is 50.2 cm³/mol. The second kappa shape index (κ2) is 4.04. The number of hydrazone groups is 1. The van der Waals surface area contributed by atoms with Crippen molar-refractivity contribution >= 4 is 17.0 Å². The van der Waals surface area contributed by atoms with Crippen molar-refractivity contribution in [3.63, 3.8) is 0 Å². The van der Waals surface area contributed by atoms with Crippen LogP contribution >= 0.6 is 11.3 Å². The van der Waals surface area contributed by atoms with Crippen molar-refractivity contribution in [1.82, 2.24) is 9.78 Å². The van der Waals surface area contributed by atoms with Crippen molar-refractivity contribution in [3.8, 4) is 5.19 Å². The molecule has 2 N–H and O–H groups in total. The molecule has 1 rings (SSSR count). The van der Waals surface area contributed by atoms with Gasteiger partial charge >= 0.3 is 4.87 Å². The molecule has 0 aliphatic carbocycles. The van der Waals surface area contributed by atoms with Crippen molar-refractivity contribution < 1.29 is 4.74 Å². The SMILES string of the molecule is COc1nn(CC(C)=NN)c(=O)s1. The third kappa shape index (κ3) is 2.28. The smallest absolute Gasteiger partial charge is 0.328 e. The monoisotopic (exact) mass is 202 g/mol. The first-order valence-electron chi connectivity index (χ1n) is 3.52. The number of nitrogens with zero attached hydrogens (tertiary/aromatic N) is 3. The molecule has 1 aromatic rings. The summed E-state index contributed by atoms with van der Waals surface area (Å²) in [5, 5.41) is 7.66. The average molecular weight is 202 g/mol. The van der Waals surface area contributed by atoms with Gasteiger partial charge < -0.3 is 10.6 Å². The highest BCUT2D eigenvalue weighted by Crippen LogP contribution is 2.07. The average Bonchev–Trinajstić information content (AvgIpc) is 2.47. The van der Waals surface area contributed by atoms with Gasteiger partial charge in [0.25, 0.3) is 5.19 Å². The fraction of sp³-hybridized carbons (Fsp3) is 0.500. The van der Waals surface area contributed by atoms with E-state index in [-0.39, 0.29) is 4.87 Å². The van der Waals surface area contributed by atoms with Crippen LogP contribution in [-0.4, -0.2) is 22.6 Å². The van der Waals surface area contributed by atoms with E-state index in [1.165, 1.54) is 11.8 Å². The van der Waals surface area contributed by atoms with Crippen molar-refractivity contribution in [3.05, 3.63) is 9.67 Å². The van der Waals surface area contributed by atoms with E-state index in [9.17, 15) is 4.79 Å². The maximum Gasteiger partial charge on any atom is 0.328 e. The van der Waals surface area contributed by atoms with Crippen LogP contribution in [-0.2, 0) is 6.54 Å². The number of methoxy groups -OCH3 is 1. The Morgan fingerprint density at radius 3 is 3.00 bits per heavy atom. The molecule has 13 heavy (non-hydrogen) atoms. The lowest BCUT2D eigenvalue weighted by atomic mass is 10.4. The van der Waals surface area contributed by atoms with Gasteiger partial charge in [-0.2, -0.15) is 5.10 Å². The lowest BCUT2D eigenvalue weighted by Gasteiger charge is -1.96. The number of aromatic nitrogens is 2. The number of hydrogen-bond acceptors (Lipinski definition) is 6. The van der Waals surface area contributed by atoms with Crippen LogP contribution in [0.15, 0.2) is 9.90 Å². The molecule has 0 bridgehead atoms. The third-order valence-electron chi connectivity index (χ3n) is 1.36. The summed E-state index contributed by atoms with van der Waals surface area (Å²) in [4.78, 5) is 11.0. The Bertz CT molecular complexity index is 367. The summed E-state index contributed by atoms with van der Waals surface area (Å²) in [6.45, 7) is 2.02. The fourth-order valence-electron chi connectivity index (χ4n) is 0.727. The van der Waals surface area contributed by atoms with E-state index in [0.717, 1.165) is 11.3 Å². The van der Waals surface area contributed by atoms with E-state index in [4.69, 9.17) is 10.6 Å². The van der Waals surface area contributed by atoms with E-state index < -0.39 is 0 Å². The number of nitrogens with two attached hydrogens (primary N) is 1. The topological polar surface area (TPSA) is 82.5 Å². The summed E-state index contributed by atoms with van der Waals surface area (Å²) in [6, 6.07) is 0. The van der Waals surface area contributed by atoms with E-state index >= 15 is 0 Å². The van der Waals surface area contributed by atoms with Crippen LogP contribution in [0.2, 0.25) is 0 Å². The molecule has 0 fully saturated rings. The Morgan fingerprint density at radius 2 is 2.54 bits per heavy atom. The summed E-state index contributed by atoms with van der Waals surface area (Å²) in [5.41, 5.74) is 0.634. The Kier molecular flexibility index (Phi) is 3.02. The van der Waals surface area contributed by atoms with E-state index in [0.29, 0.717) is 17.5 Å². The molecule has 6 nitrogen and oxygen atoms in total. The maximum absolute atomic E-state index is 11.2. The summed E-state index contributed by atoms with van der Waals surface area (Å²) in [7, 11) is 1.46. The van der Waals surface area contributed by atoms with Crippen molar-refractivity contribution in [1.29, 1.82) is 0 Å². The molecule has 0 spiro atoms. The Hall–Kier alpha value is -1.37. The number of hydrogen-bond donors (Lipinski definition) is 1. The first kappa shape index (κ1) is 9.72. The fourth-order valence-corrected chi connectivity index (χ4v) is 1.31. The van der Waals surface area contributed by atoms with Crippen LogP contribution in [0.3, 0.4) is 0 Å². The van der Waals surface area contributed by atoms with Gasteiger partial charge in [0, 0.05) is 0 Å². The number of ether oxygens (including phenoxy) is 1. The van der Waals surface area contributed by atoms with Crippen LogP contribution in [0, 0.1) is 0 Å². The van der Waals surface area contributed by atoms with Crippen LogP contribution in [0.25, 0.3) is 0 Å². The van der Waals surface area contributed by atoms with Gasteiger partial charge in [0.1, 0.15) is 0 Å². The largest absolute Gasteiger partial charge is 0.472 e. The Labute approximate surface area is 78.6 Å². The normalized spacial score (nSPS) is 11.7. The highest BCUT2D eigenvalue weighted by Gasteiger charge is 2.06. The first-order chi connectivity index (χ1) is 6.17. The minimum Gasteiger partial charge on any atom is -0.472 e. The molecule has 0 aliphatic rings. The molecule has 0 aliphatic heterocycles. The van der Waals surface area contributed by atoms with Gasteiger partial charge in [0.15, 0.2) is 0 Å². The Morgan fingerprint density at radius 1 is 1.85 bits per heavy atom. The van der Waals surface area contributed by atoms with Crippen molar-refractivity contribution in [2.24, 2.45) is 10.9 Å². The van der Waals surface area contributed by atoms with Gasteiger partial charge in [-0.05, 0) is 18.3 Å². The second-order valence-electron chi connectivity index (χ2n) is 2.36. The molecule has 0 unspecified atom stereocenters. The van der Waals surface area contributed by atoms with Gasteiger partial charge in [-0.1, -0.05) is 0 Å². The van der Waals surface area contributed by atoms with E-state index in [1.54, 1.807) is 6.92 Å². The Balaban J connectivity index is 2.89. The second-order valence-corrected chi connectivity index (χ2v) is 3.26. The molecular weight excluding hydrogens is 192 g/mol. The zero-order chi connectivity index (χ0) is 9.84. The molecular formula is C6H10N4O2S. The predicted octanol–water partition coefficient (Wildman–Crippen LogP) is -0.352. The van der Waals surface area contributed by atoms with Crippen molar-refractivity contribution in [2.75, 3.05) is 7.11 Å². The highest BCUT2D eigenvalue weighted by molar-refractivity contribution is 7.10. The van der Waals surface area contributed by atoms with Gasteiger partial charge in [-0.3, -0.25) is 4.79 Å². The van der Waals surface area contributed by atoms with E-state index in [1.807, 2.05) is 0 Å². The van der Waals surface area contributed by atoms with Crippen LogP contribution in [0.1, 0.15) is 6.92 Å². The minimum atomic E-state index is -0.181. The van der Waals surface area contributed by atoms with Gasteiger partial charge in [-0.25, -0.2) is 4.68 Å². The number of rotatable bonds is 3. The molecule has 0 saturated heterocycles. The lowest BCUT2D eigenvalue weighted by molar-refractivity contribution is 0.399. The molecule has 0 atom stereocenters. The third-order valence-corrected chi connectivity index (χ3v) is 2.17. The summed E-state index contributed by atoms with van der Waals surface area (Å²) in [6.07, 6.45) is 0. The highest BCUT2D eigenvalue weighted by atomic mass is 32.1. The van der Waals surface area contributed by atoms with E-state index in [2.05, 4.69) is 10.2 Å². The summed E-state index contributed by atoms with van der Waals surface area (Å²) >= 11 is 0.945. The first-order valence-corrected chi connectivity index (χ1v) is 4.34. The molecule has 0 radical (unpaired) electrons. The summed E-state index contributed by atoms with van der Waals surface area (Å²) in [5.74, 6) is 5.03. The molecule has 72 valence electrons. The lowest BCUT2D eigenvalue weighted by Crippen LogP contribution is -2.19. The van der Waals surface area contributed by atoms with Gasteiger partial charge in [0.2, 0.25) is 0 Å². The van der Waals surface area contributed by atoms with Crippen LogP contribution < -0.4 is 15.5 Å². The zero-order valence-corrected chi connectivity index (χ0v) is 8.17. The summed E-state index contributed by atoms with van der Waals surface area (Å²) < 4.78 is 6.07. The molecule has 0 amide bonds. The van der Waals surface area contributed by atoms with Gasteiger partial charge in [-0.15, -0.1) is 5.10 Å². The minimum absolute atomic E-state index is 0.181. The quantitative estimate of drug-likeness (QED) is 0.412. The molecule has 0 saturated carbocycles. The molecule has 1 heterocycles. The molecule has 0 aromatic carbocycles. The van der Waals surface area contributed by atoms with Gasteiger partial charge in [0.05, 0.1) is 19.4 Å². The molecule has 7 heteroatoms. The maximum atomic E-state index is 11.2. The van der Waals surface area contributed by atoms with Crippen LogP contribution in [0.4, 0.5) is 0 Å². The van der Waals surface area contributed by atoms with Crippen LogP contribution in [0.5, 0.6) is 5.19 Å². The van der Waals surface area contributed by atoms with Crippen molar-refractivity contribution in [2.45, 2.75) is 13.5 Å². The zero-order valence-electron chi connectivity index (χ0n) is 7.35. The molecule has 1 aromatic heterocycles. The standard InChI is InChI=1S/C6H10N4O2S/c1-4(8-7)3-10-6(11)13-5(9-10)12-2/h3,7H2,1-2H3.